The number of rotatable bonds is 4. The number of ether oxygens (including phenoxy) is 1. The minimum atomic E-state index is -0.457. The molecule has 0 radical (unpaired) electrons. The van der Waals surface area contributed by atoms with E-state index in [9.17, 15) is 4.39 Å². The normalized spacial score (nSPS) is 10.5. The maximum absolute atomic E-state index is 13.1. The van der Waals surface area contributed by atoms with E-state index in [0.717, 1.165) is 16.3 Å². The monoisotopic (exact) mass is 335 g/mol. The fourth-order valence-electron chi connectivity index (χ4n) is 1.84. The van der Waals surface area contributed by atoms with Gasteiger partial charge in [-0.15, -0.1) is 10.2 Å². The van der Waals surface area contributed by atoms with Crippen molar-refractivity contribution in [1.82, 2.24) is 10.2 Å². The first kappa shape index (κ1) is 14.7. The molecule has 112 valence electrons. The molecule has 0 atom stereocenters. The van der Waals surface area contributed by atoms with E-state index >= 15 is 0 Å². The first-order valence-corrected chi connectivity index (χ1v) is 7.55. The summed E-state index contributed by atoms with van der Waals surface area (Å²) in [6, 6.07) is 12.0. The van der Waals surface area contributed by atoms with E-state index in [4.69, 9.17) is 16.3 Å². The number of methoxy groups -OCH3 is 1. The van der Waals surface area contributed by atoms with Crippen LogP contribution in [0, 0.1) is 5.82 Å². The van der Waals surface area contributed by atoms with E-state index in [0.29, 0.717) is 10.8 Å². The number of anilines is 2. The van der Waals surface area contributed by atoms with Gasteiger partial charge in [0.25, 0.3) is 0 Å². The third-order valence-corrected chi connectivity index (χ3v) is 4.09. The second kappa shape index (κ2) is 6.29. The first-order valence-electron chi connectivity index (χ1n) is 6.36. The highest BCUT2D eigenvalue weighted by Crippen LogP contribution is 2.30. The maximum atomic E-state index is 13.1. The minimum Gasteiger partial charge on any atom is -0.497 e. The summed E-state index contributed by atoms with van der Waals surface area (Å²) in [5, 5.41) is 12.7. The second-order valence-corrected chi connectivity index (χ2v) is 5.78. The maximum Gasteiger partial charge on any atom is 0.210 e. The molecule has 3 rings (SSSR count). The van der Waals surface area contributed by atoms with Gasteiger partial charge in [0.2, 0.25) is 5.13 Å². The van der Waals surface area contributed by atoms with Crippen LogP contribution in [0.1, 0.15) is 0 Å². The van der Waals surface area contributed by atoms with Gasteiger partial charge in [-0.05, 0) is 30.3 Å². The number of halogens is 2. The number of nitrogens with one attached hydrogen (secondary N) is 1. The van der Waals surface area contributed by atoms with Crippen molar-refractivity contribution in [3.05, 3.63) is 53.3 Å². The van der Waals surface area contributed by atoms with Crippen molar-refractivity contribution in [2.75, 3.05) is 12.4 Å². The number of benzene rings is 2. The zero-order valence-corrected chi connectivity index (χ0v) is 13.1. The highest BCUT2D eigenvalue weighted by atomic mass is 35.5. The van der Waals surface area contributed by atoms with Crippen LogP contribution in [0.15, 0.2) is 42.5 Å². The molecule has 0 spiro atoms. The Labute approximate surface area is 135 Å². The highest BCUT2D eigenvalue weighted by Gasteiger charge is 2.08. The van der Waals surface area contributed by atoms with Gasteiger partial charge in [-0.2, -0.15) is 0 Å². The van der Waals surface area contributed by atoms with Crippen molar-refractivity contribution in [1.29, 1.82) is 0 Å². The number of hydrogen-bond donors (Lipinski definition) is 1. The highest BCUT2D eigenvalue weighted by molar-refractivity contribution is 7.18. The number of aromatic nitrogens is 2. The molecule has 4 nitrogen and oxygen atoms in total. The molecular formula is C15H11ClFN3OS. The van der Waals surface area contributed by atoms with E-state index < -0.39 is 5.82 Å². The summed E-state index contributed by atoms with van der Waals surface area (Å²) in [6.45, 7) is 0. The Kier molecular flexibility index (Phi) is 4.22. The lowest BCUT2D eigenvalue weighted by Crippen LogP contribution is -1.90. The molecule has 0 amide bonds. The second-order valence-electron chi connectivity index (χ2n) is 4.40. The molecule has 0 aliphatic heterocycles. The number of nitrogens with zero attached hydrogens (tertiary/aromatic N) is 2. The number of hydrogen-bond acceptors (Lipinski definition) is 5. The fourth-order valence-corrected chi connectivity index (χ4v) is 2.78. The average Bonchev–Trinajstić information content (AvgIpc) is 2.99. The first-order chi connectivity index (χ1) is 10.7. The topological polar surface area (TPSA) is 47.0 Å². The average molecular weight is 336 g/mol. The van der Waals surface area contributed by atoms with Crippen molar-refractivity contribution in [2.45, 2.75) is 0 Å². The molecule has 0 saturated carbocycles. The molecule has 1 N–H and O–H groups in total. The van der Waals surface area contributed by atoms with Crippen LogP contribution in [0.5, 0.6) is 5.75 Å². The standard InChI is InChI=1S/C15H11ClFN3OS/c1-21-11-4-2-3-9(7-11)14-19-20-15(22-14)18-10-5-6-13(17)12(16)8-10/h2-8H,1H3,(H,18,20). The Morgan fingerprint density at radius 3 is 2.82 bits per heavy atom. The zero-order valence-electron chi connectivity index (χ0n) is 11.5. The van der Waals surface area contributed by atoms with Gasteiger partial charge in [0, 0.05) is 11.3 Å². The van der Waals surface area contributed by atoms with Gasteiger partial charge >= 0.3 is 0 Å². The Balaban J connectivity index is 1.82. The Hall–Kier alpha value is -2.18. The van der Waals surface area contributed by atoms with Gasteiger partial charge in [0.15, 0.2) is 0 Å². The predicted molar refractivity (Wildman–Crippen MR) is 86.6 cm³/mol. The smallest absolute Gasteiger partial charge is 0.210 e. The third kappa shape index (κ3) is 3.18. The molecule has 7 heteroatoms. The minimum absolute atomic E-state index is 0.0579. The summed E-state index contributed by atoms with van der Waals surface area (Å²) in [4.78, 5) is 0. The molecule has 0 aliphatic carbocycles. The van der Waals surface area contributed by atoms with E-state index in [-0.39, 0.29) is 5.02 Å². The van der Waals surface area contributed by atoms with Gasteiger partial charge in [-0.3, -0.25) is 0 Å². The molecular weight excluding hydrogens is 325 g/mol. The largest absolute Gasteiger partial charge is 0.497 e. The molecule has 2 aromatic carbocycles. The van der Waals surface area contributed by atoms with E-state index in [2.05, 4.69) is 15.5 Å². The third-order valence-electron chi connectivity index (χ3n) is 2.91. The fraction of sp³-hybridized carbons (Fsp3) is 0.0667. The molecule has 1 aromatic heterocycles. The van der Waals surface area contributed by atoms with Crippen molar-refractivity contribution in [2.24, 2.45) is 0 Å². The molecule has 3 aromatic rings. The van der Waals surface area contributed by atoms with Crippen molar-refractivity contribution in [3.63, 3.8) is 0 Å². The van der Waals surface area contributed by atoms with E-state index in [1.807, 2.05) is 24.3 Å². The Bertz CT molecular complexity index is 809. The van der Waals surface area contributed by atoms with Crippen molar-refractivity contribution in [3.8, 4) is 16.3 Å². The van der Waals surface area contributed by atoms with Crippen LogP contribution in [0.25, 0.3) is 10.6 Å². The van der Waals surface area contributed by atoms with Crippen LogP contribution in [0.2, 0.25) is 5.02 Å². The Morgan fingerprint density at radius 2 is 2.05 bits per heavy atom. The van der Waals surface area contributed by atoms with Gasteiger partial charge in [-0.1, -0.05) is 35.1 Å². The van der Waals surface area contributed by atoms with Crippen LogP contribution >= 0.6 is 22.9 Å². The van der Waals surface area contributed by atoms with Gasteiger partial charge < -0.3 is 10.1 Å². The molecule has 0 bridgehead atoms. The van der Waals surface area contributed by atoms with Crippen LogP contribution < -0.4 is 10.1 Å². The van der Waals surface area contributed by atoms with E-state index in [1.54, 1.807) is 13.2 Å². The predicted octanol–water partition coefficient (Wildman–Crippen LogP) is 4.75. The summed E-state index contributed by atoms with van der Waals surface area (Å²) in [5.41, 5.74) is 1.57. The molecule has 1 heterocycles. The van der Waals surface area contributed by atoms with Crippen LogP contribution in [-0.2, 0) is 0 Å². The lowest BCUT2D eigenvalue weighted by molar-refractivity contribution is 0.415. The lowest BCUT2D eigenvalue weighted by Gasteiger charge is -2.02. The quantitative estimate of drug-likeness (QED) is 0.747. The molecule has 0 aliphatic rings. The SMILES string of the molecule is COc1cccc(-c2nnc(Nc3ccc(F)c(Cl)c3)s2)c1. The van der Waals surface area contributed by atoms with E-state index in [1.165, 1.54) is 23.5 Å². The summed E-state index contributed by atoms with van der Waals surface area (Å²) in [7, 11) is 1.62. The molecule has 0 fully saturated rings. The van der Waals surface area contributed by atoms with Crippen LogP contribution in [0.3, 0.4) is 0 Å². The van der Waals surface area contributed by atoms with Gasteiger partial charge in [-0.25, -0.2) is 4.39 Å². The zero-order chi connectivity index (χ0) is 15.5. The van der Waals surface area contributed by atoms with Crippen molar-refractivity contribution >= 4 is 33.8 Å². The molecule has 22 heavy (non-hydrogen) atoms. The van der Waals surface area contributed by atoms with Gasteiger partial charge in [0.1, 0.15) is 16.6 Å². The summed E-state index contributed by atoms with van der Waals surface area (Å²) in [6.07, 6.45) is 0. The molecule has 0 unspecified atom stereocenters. The summed E-state index contributed by atoms with van der Waals surface area (Å²) < 4.78 is 18.3. The van der Waals surface area contributed by atoms with Crippen molar-refractivity contribution < 1.29 is 9.13 Å². The van der Waals surface area contributed by atoms with Crippen LogP contribution in [-0.4, -0.2) is 17.3 Å². The van der Waals surface area contributed by atoms with Crippen LogP contribution in [0.4, 0.5) is 15.2 Å². The summed E-state index contributed by atoms with van der Waals surface area (Å²) >= 11 is 7.14. The lowest BCUT2D eigenvalue weighted by atomic mass is 10.2. The summed E-state index contributed by atoms with van der Waals surface area (Å²) in [5.74, 6) is 0.300. The Morgan fingerprint density at radius 1 is 1.18 bits per heavy atom. The molecule has 0 saturated heterocycles. The van der Waals surface area contributed by atoms with Gasteiger partial charge in [0.05, 0.1) is 12.1 Å².